The molecule has 0 heterocycles. The summed E-state index contributed by atoms with van der Waals surface area (Å²) in [6.07, 6.45) is 0. The Bertz CT molecular complexity index is 1510. The molecule has 0 saturated heterocycles. The molecule has 46 heavy (non-hydrogen) atoms. The van der Waals surface area contributed by atoms with Gasteiger partial charge in [-0.2, -0.15) is 0 Å². The van der Waals surface area contributed by atoms with E-state index in [1.54, 1.807) is 0 Å². The molecular weight excluding hydrogens is 560 g/mol. The highest BCUT2D eigenvalue weighted by atomic mass is 15.1. The van der Waals surface area contributed by atoms with Gasteiger partial charge in [-0.3, -0.25) is 0 Å². The van der Waals surface area contributed by atoms with Crippen LogP contribution in [-0.2, 0) is 39.3 Å². The lowest BCUT2D eigenvalue weighted by atomic mass is 10.1. The predicted molar refractivity (Wildman–Crippen MR) is 188 cm³/mol. The van der Waals surface area contributed by atoms with Gasteiger partial charge in [0.1, 0.15) is 39.3 Å². The molecule has 6 aromatic carbocycles. The van der Waals surface area contributed by atoms with Crippen LogP contribution in [0.4, 0.5) is 17.1 Å². The minimum Gasteiger partial charge on any atom is -0.339 e. The average Bonchev–Trinajstić information content (AvgIpc) is 3.12. The molecule has 6 rings (SSSR count). The molecular formula is C42H45N4+3. The molecule has 0 aliphatic heterocycles. The van der Waals surface area contributed by atoms with Crippen molar-refractivity contribution in [2.75, 3.05) is 4.90 Å². The second-order valence-electron chi connectivity index (χ2n) is 11.9. The zero-order valence-corrected chi connectivity index (χ0v) is 26.5. The molecule has 0 aliphatic rings. The lowest BCUT2D eigenvalue weighted by molar-refractivity contribution is -0.686. The summed E-state index contributed by atoms with van der Waals surface area (Å²) in [6, 6.07) is 59.2. The van der Waals surface area contributed by atoms with Crippen molar-refractivity contribution in [2.24, 2.45) is 0 Å². The van der Waals surface area contributed by atoms with Gasteiger partial charge in [-0.25, -0.2) is 0 Å². The maximum Gasteiger partial charge on any atom is 0.101 e. The number of hydrogen-bond acceptors (Lipinski definition) is 1. The molecule has 0 spiro atoms. The summed E-state index contributed by atoms with van der Waals surface area (Å²) in [4.78, 5) is 2.37. The van der Waals surface area contributed by atoms with E-state index in [-0.39, 0.29) is 0 Å². The van der Waals surface area contributed by atoms with Crippen molar-refractivity contribution >= 4 is 17.1 Å². The van der Waals surface area contributed by atoms with Crippen LogP contribution in [-0.4, -0.2) is 0 Å². The fourth-order valence-corrected chi connectivity index (χ4v) is 5.85. The van der Waals surface area contributed by atoms with Crippen molar-refractivity contribution in [3.63, 3.8) is 0 Å². The smallest absolute Gasteiger partial charge is 0.101 e. The van der Waals surface area contributed by atoms with Crippen molar-refractivity contribution in [1.29, 1.82) is 0 Å². The van der Waals surface area contributed by atoms with E-state index in [2.05, 4.69) is 185 Å². The van der Waals surface area contributed by atoms with E-state index in [4.69, 9.17) is 0 Å². The van der Waals surface area contributed by atoms with Crippen molar-refractivity contribution in [2.45, 2.75) is 39.3 Å². The molecule has 0 radical (unpaired) electrons. The monoisotopic (exact) mass is 605 g/mol. The van der Waals surface area contributed by atoms with Crippen LogP contribution in [0.15, 0.2) is 164 Å². The third-order valence-electron chi connectivity index (χ3n) is 8.39. The Kier molecular flexibility index (Phi) is 11.0. The minimum absolute atomic E-state index is 0.956. The first-order valence-electron chi connectivity index (χ1n) is 16.4. The summed E-state index contributed by atoms with van der Waals surface area (Å²) < 4.78 is 0. The first-order chi connectivity index (χ1) is 22.8. The van der Waals surface area contributed by atoms with Crippen molar-refractivity contribution < 1.29 is 16.0 Å². The van der Waals surface area contributed by atoms with Gasteiger partial charge in [-0.15, -0.1) is 0 Å². The molecule has 230 valence electrons. The zero-order chi connectivity index (χ0) is 31.2. The Balaban J connectivity index is 1.14. The number of quaternary nitrogens is 3. The third kappa shape index (κ3) is 9.02. The lowest BCUT2D eigenvalue weighted by Gasteiger charge is -2.26. The molecule has 6 aromatic rings. The van der Waals surface area contributed by atoms with E-state index in [0.717, 1.165) is 39.3 Å². The van der Waals surface area contributed by atoms with Gasteiger partial charge in [-0.1, -0.05) is 127 Å². The fourth-order valence-electron chi connectivity index (χ4n) is 5.85. The van der Waals surface area contributed by atoms with Gasteiger partial charge in [0.2, 0.25) is 0 Å². The van der Waals surface area contributed by atoms with Crippen LogP contribution < -0.4 is 20.9 Å². The molecule has 0 saturated carbocycles. The molecule has 0 amide bonds. The molecule has 4 heteroatoms. The van der Waals surface area contributed by atoms with Gasteiger partial charge in [-0.05, 0) is 36.4 Å². The standard InChI is InChI=1S/C42H42N4/c1-4-10-34(11-5-1)28-43-31-37-16-22-40(23-17-37)46(41-24-18-38(19-25-41)32-44-29-35-12-6-2-7-13-35)42-26-20-39(21-27-42)33-45-30-36-14-8-3-9-15-36/h1-27,43-45H,28-33H2/p+3. The Morgan fingerprint density at radius 3 is 0.717 bits per heavy atom. The number of anilines is 3. The van der Waals surface area contributed by atoms with Crippen LogP contribution in [0.5, 0.6) is 0 Å². The summed E-state index contributed by atoms with van der Waals surface area (Å²) in [7, 11) is 0. The summed E-state index contributed by atoms with van der Waals surface area (Å²) in [5.74, 6) is 0. The number of nitrogens with two attached hydrogens (primary N) is 3. The quantitative estimate of drug-likeness (QED) is 0.133. The topological polar surface area (TPSA) is 53.1 Å². The van der Waals surface area contributed by atoms with Gasteiger partial charge in [0, 0.05) is 50.4 Å². The molecule has 0 bridgehead atoms. The molecule has 0 aliphatic carbocycles. The van der Waals surface area contributed by atoms with Crippen molar-refractivity contribution in [3.05, 3.63) is 197 Å². The molecule has 0 aromatic heterocycles. The highest BCUT2D eigenvalue weighted by Crippen LogP contribution is 2.34. The summed E-state index contributed by atoms with van der Waals surface area (Å²) in [5.41, 5.74) is 11.5. The zero-order valence-electron chi connectivity index (χ0n) is 26.5. The highest BCUT2D eigenvalue weighted by Gasteiger charge is 2.14. The summed E-state index contributed by atoms with van der Waals surface area (Å²) >= 11 is 0. The Morgan fingerprint density at radius 1 is 0.261 bits per heavy atom. The first kappa shape index (κ1) is 31.0. The van der Waals surface area contributed by atoms with Gasteiger partial charge in [0.15, 0.2) is 0 Å². The molecule has 0 unspecified atom stereocenters. The fraction of sp³-hybridized carbons (Fsp3) is 0.143. The van der Waals surface area contributed by atoms with E-state index in [1.807, 2.05) is 0 Å². The number of nitrogens with zero attached hydrogens (tertiary/aromatic N) is 1. The lowest BCUT2D eigenvalue weighted by Crippen LogP contribution is -2.80. The number of hydrogen-bond donors (Lipinski definition) is 3. The van der Waals surface area contributed by atoms with E-state index in [9.17, 15) is 0 Å². The maximum atomic E-state index is 2.37. The van der Waals surface area contributed by atoms with Crippen LogP contribution in [0.1, 0.15) is 33.4 Å². The van der Waals surface area contributed by atoms with Gasteiger partial charge >= 0.3 is 0 Å². The number of rotatable bonds is 15. The summed E-state index contributed by atoms with van der Waals surface area (Å²) in [5, 5.41) is 7.09. The van der Waals surface area contributed by atoms with Crippen LogP contribution in [0, 0.1) is 0 Å². The maximum absolute atomic E-state index is 2.37. The SMILES string of the molecule is c1ccc(C[NH2+]Cc2ccc(N(c3ccc(C[NH2+]Cc4ccccc4)cc3)c3ccc(C[NH2+]Cc4ccccc4)cc3)cc2)cc1. The van der Waals surface area contributed by atoms with Crippen LogP contribution in [0.3, 0.4) is 0 Å². The predicted octanol–water partition coefficient (Wildman–Crippen LogP) is 5.95. The van der Waals surface area contributed by atoms with Gasteiger partial charge in [0.25, 0.3) is 0 Å². The summed E-state index contributed by atoms with van der Waals surface area (Å²) in [6.45, 7) is 5.82. The van der Waals surface area contributed by atoms with E-state index in [1.165, 1.54) is 50.4 Å². The number of benzene rings is 6. The third-order valence-corrected chi connectivity index (χ3v) is 8.39. The average molecular weight is 606 g/mol. The van der Waals surface area contributed by atoms with Gasteiger partial charge in [0.05, 0.1) is 0 Å². The molecule has 0 atom stereocenters. The Morgan fingerprint density at radius 2 is 0.478 bits per heavy atom. The first-order valence-corrected chi connectivity index (χ1v) is 16.4. The Labute approximate surface area is 273 Å². The van der Waals surface area contributed by atoms with Crippen LogP contribution in [0.2, 0.25) is 0 Å². The van der Waals surface area contributed by atoms with Gasteiger partial charge < -0.3 is 20.9 Å². The van der Waals surface area contributed by atoms with E-state index in [0.29, 0.717) is 0 Å². The second kappa shape index (κ2) is 16.4. The van der Waals surface area contributed by atoms with E-state index >= 15 is 0 Å². The van der Waals surface area contributed by atoms with Crippen LogP contribution >= 0.6 is 0 Å². The van der Waals surface area contributed by atoms with Crippen LogP contribution in [0.25, 0.3) is 0 Å². The Hall–Kier alpha value is -5.00. The normalized spacial score (nSPS) is 11.0. The second-order valence-corrected chi connectivity index (χ2v) is 11.9. The highest BCUT2D eigenvalue weighted by molar-refractivity contribution is 5.76. The van der Waals surface area contributed by atoms with Crippen molar-refractivity contribution in [1.82, 2.24) is 0 Å². The molecule has 6 N–H and O–H groups in total. The largest absolute Gasteiger partial charge is 0.339 e. The molecule has 0 fully saturated rings. The van der Waals surface area contributed by atoms with E-state index < -0.39 is 0 Å². The minimum atomic E-state index is 0.956. The van der Waals surface area contributed by atoms with Crippen molar-refractivity contribution in [3.8, 4) is 0 Å². The molecule has 4 nitrogen and oxygen atoms in total.